The third kappa shape index (κ3) is 7.27. The van der Waals surface area contributed by atoms with Crippen molar-refractivity contribution in [3.8, 4) is 33.6 Å². The number of imidazole rings is 2. The SMILES string of the molecule is CC(C)(C)C(NC1=NCCCN1)c1nc(-c2ccc(-c3ccc(-c4c[nH]c(C(NC5=NCCCN5)C(C)(C)C)n4)cc3)cc2)c[nH]1. The Morgan fingerprint density at radius 2 is 0.935 bits per heavy atom. The molecular weight excluding hydrogens is 572 g/mol. The van der Waals surface area contributed by atoms with Crippen LogP contribution < -0.4 is 21.3 Å². The van der Waals surface area contributed by atoms with Crippen molar-refractivity contribution < 1.29 is 0 Å². The first-order valence-corrected chi connectivity index (χ1v) is 16.5. The van der Waals surface area contributed by atoms with Crippen molar-refractivity contribution in [2.45, 2.75) is 66.5 Å². The van der Waals surface area contributed by atoms with Crippen molar-refractivity contribution in [3.63, 3.8) is 0 Å². The number of aromatic amines is 2. The number of hydrogen-bond donors (Lipinski definition) is 6. The molecule has 4 heterocycles. The monoisotopic (exact) mass is 620 g/mol. The van der Waals surface area contributed by atoms with E-state index in [1.165, 1.54) is 0 Å². The van der Waals surface area contributed by atoms with Gasteiger partial charge in [-0.3, -0.25) is 9.98 Å². The van der Waals surface area contributed by atoms with Crippen molar-refractivity contribution in [1.82, 2.24) is 41.2 Å². The van der Waals surface area contributed by atoms with Crippen molar-refractivity contribution in [1.29, 1.82) is 0 Å². The molecule has 242 valence electrons. The highest BCUT2D eigenvalue weighted by Crippen LogP contribution is 2.34. The molecule has 0 saturated carbocycles. The molecule has 0 radical (unpaired) electrons. The summed E-state index contributed by atoms with van der Waals surface area (Å²) in [5, 5.41) is 13.9. The van der Waals surface area contributed by atoms with Crippen molar-refractivity contribution >= 4 is 11.9 Å². The second-order valence-corrected chi connectivity index (χ2v) is 14.4. The van der Waals surface area contributed by atoms with Crippen molar-refractivity contribution in [3.05, 3.63) is 72.6 Å². The minimum atomic E-state index is -0.0584. The summed E-state index contributed by atoms with van der Waals surface area (Å²) >= 11 is 0. The van der Waals surface area contributed by atoms with Crippen LogP contribution in [0, 0.1) is 10.8 Å². The Balaban J connectivity index is 1.15. The van der Waals surface area contributed by atoms with Crippen LogP contribution in [0.5, 0.6) is 0 Å². The second-order valence-electron chi connectivity index (χ2n) is 14.4. The molecule has 4 aromatic rings. The Labute approximate surface area is 272 Å². The van der Waals surface area contributed by atoms with Gasteiger partial charge >= 0.3 is 0 Å². The minimum Gasteiger partial charge on any atom is -0.356 e. The maximum atomic E-state index is 5.00. The molecule has 10 nitrogen and oxygen atoms in total. The van der Waals surface area contributed by atoms with Gasteiger partial charge in [0.1, 0.15) is 11.6 Å². The lowest BCUT2D eigenvalue weighted by Gasteiger charge is -2.32. The van der Waals surface area contributed by atoms with Crippen LogP contribution in [0.3, 0.4) is 0 Å². The van der Waals surface area contributed by atoms with Crippen LogP contribution >= 0.6 is 0 Å². The Kier molecular flexibility index (Phi) is 8.88. The fraction of sp³-hybridized carbons (Fsp3) is 0.444. The first kappa shape index (κ1) is 31.4. The van der Waals surface area contributed by atoms with Gasteiger partial charge in [-0.15, -0.1) is 0 Å². The number of aliphatic imine (C=N–C) groups is 2. The fourth-order valence-corrected chi connectivity index (χ4v) is 5.85. The Hall–Kier alpha value is -4.60. The third-order valence-electron chi connectivity index (χ3n) is 8.53. The van der Waals surface area contributed by atoms with Gasteiger partial charge in [0, 0.05) is 49.7 Å². The van der Waals surface area contributed by atoms with Gasteiger partial charge in [0.25, 0.3) is 0 Å². The molecule has 0 aliphatic carbocycles. The van der Waals surface area contributed by atoms with Crippen LogP contribution in [-0.2, 0) is 0 Å². The van der Waals surface area contributed by atoms with Gasteiger partial charge in [-0.2, -0.15) is 0 Å². The number of nitrogens with zero attached hydrogens (tertiary/aromatic N) is 4. The van der Waals surface area contributed by atoms with E-state index in [4.69, 9.17) is 9.97 Å². The molecule has 2 aliphatic heterocycles. The summed E-state index contributed by atoms with van der Waals surface area (Å²) in [6.07, 6.45) is 6.11. The topological polar surface area (TPSA) is 130 Å². The summed E-state index contributed by atoms with van der Waals surface area (Å²) in [5.74, 6) is 3.51. The number of aromatic nitrogens is 4. The van der Waals surface area contributed by atoms with E-state index in [-0.39, 0.29) is 22.9 Å². The van der Waals surface area contributed by atoms with E-state index in [1.807, 2.05) is 12.4 Å². The van der Waals surface area contributed by atoms with Gasteiger partial charge < -0.3 is 31.2 Å². The zero-order valence-electron chi connectivity index (χ0n) is 28.0. The van der Waals surface area contributed by atoms with Gasteiger partial charge in [0.2, 0.25) is 0 Å². The smallest absolute Gasteiger partial charge is 0.191 e. The first-order chi connectivity index (χ1) is 22.0. The fourth-order valence-electron chi connectivity index (χ4n) is 5.85. The summed E-state index contributed by atoms with van der Waals surface area (Å²) in [6.45, 7) is 16.9. The zero-order chi connectivity index (χ0) is 32.3. The average Bonchev–Trinajstić information content (AvgIpc) is 3.74. The number of rotatable bonds is 7. The molecule has 10 heteroatoms. The highest BCUT2D eigenvalue weighted by atomic mass is 15.2. The molecule has 2 atom stereocenters. The maximum absolute atomic E-state index is 5.00. The Morgan fingerprint density at radius 1 is 0.565 bits per heavy atom. The van der Waals surface area contributed by atoms with E-state index in [2.05, 4.69) is 131 Å². The normalized spacial score (nSPS) is 16.8. The molecule has 0 saturated heterocycles. The van der Waals surface area contributed by atoms with Crippen LogP contribution in [0.1, 0.15) is 78.1 Å². The van der Waals surface area contributed by atoms with Crippen LogP contribution in [0.25, 0.3) is 33.6 Å². The molecule has 6 N–H and O–H groups in total. The van der Waals surface area contributed by atoms with Gasteiger partial charge in [0.05, 0.1) is 23.5 Å². The number of guanidine groups is 2. The average molecular weight is 621 g/mol. The molecule has 0 bridgehead atoms. The van der Waals surface area contributed by atoms with Crippen LogP contribution in [0.15, 0.2) is 70.9 Å². The molecule has 2 aromatic heterocycles. The van der Waals surface area contributed by atoms with Gasteiger partial charge in [-0.25, -0.2) is 9.97 Å². The highest BCUT2D eigenvalue weighted by molar-refractivity contribution is 5.81. The van der Waals surface area contributed by atoms with Gasteiger partial charge in [-0.1, -0.05) is 90.1 Å². The summed E-state index contributed by atoms with van der Waals surface area (Å²) in [6, 6.07) is 17.2. The largest absolute Gasteiger partial charge is 0.356 e. The molecule has 2 aromatic carbocycles. The molecule has 0 fully saturated rings. The van der Waals surface area contributed by atoms with Crippen molar-refractivity contribution in [2.75, 3.05) is 26.2 Å². The van der Waals surface area contributed by atoms with Crippen LogP contribution in [-0.4, -0.2) is 58.0 Å². The second kappa shape index (κ2) is 13.0. The van der Waals surface area contributed by atoms with Crippen LogP contribution in [0.4, 0.5) is 0 Å². The van der Waals surface area contributed by atoms with E-state index in [9.17, 15) is 0 Å². The molecule has 46 heavy (non-hydrogen) atoms. The van der Waals surface area contributed by atoms with Crippen molar-refractivity contribution in [2.24, 2.45) is 20.8 Å². The first-order valence-electron chi connectivity index (χ1n) is 16.5. The lowest BCUT2D eigenvalue weighted by Crippen LogP contribution is -2.46. The number of H-pyrrole nitrogens is 2. The lowest BCUT2D eigenvalue weighted by atomic mass is 9.86. The third-order valence-corrected chi connectivity index (χ3v) is 8.53. The van der Waals surface area contributed by atoms with Gasteiger partial charge in [0.15, 0.2) is 11.9 Å². The summed E-state index contributed by atoms with van der Waals surface area (Å²) in [7, 11) is 0. The van der Waals surface area contributed by atoms with E-state index < -0.39 is 0 Å². The Morgan fingerprint density at radius 3 is 1.26 bits per heavy atom. The minimum absolute atomic E-state index is 0.00658. The summed E-state index contributed by atoms with van der Waals surface area (Å²) in [4.78, 5) is 26.1. The van der Waals surface area contributed by atoms with Gasteiger partial charge in [-0.05, 0) is 34.8 Å². The highest BCUT2D eigenvalue weighted by Gasteiger charge is 2.31. The number of benzene rings is 2. The number of hydrogen-bond acceptors (Lipinski definition) is 8. The summed E-state index contributed by atoms with van der Waals surface area (Å²) in [5.41, 5.74) is 6.19. The predicted molar refractivity (Wildman–Crippen MR) is 188 cm³/mol. The molecule has 6 rings (SSSR count). The summed E-state index contributed by atoms with van der Waals surface area (Å²) < 4.78 is 0. The zero-order valence-corrected chi connectivity index (χ0v) is 28.0. The number of nitrogens with one attached hydrogen (secondary N) is 6. The molecular formula is C36H48N10. The standard InChI is InChI=1S/C36H48N10/c1-35(2,3)29(45-33-37-17-7-18-38-33)31-41-21-27(43-31)25-13-9-23(10-14-25)24-11-15-26(16-12-24)28-22-42-32(44-28)30(36(4,5)6)46-34-39-19-8-20-40-34/h9-16,21-22,29-30H,7-8,17-20H2,1-6H3,(H,41,43)(H,42,44)(H2,37,38,45)(H2,39,40,46). The molecule has 2 aliphatic rings. The van der Waals surface area contributed by atoms with Crippen LogP contribution in [0.2, 0.25) is 0 Å². The van der Waals surface area contributed by atoms with E-state index >= 15 is 0 Å². The maximum Gasteiger partial charge on any atom is 0.191 e. The van der Waals surface area contributed by atoms with E-state index in [0.717, 1.165) is 96.2 Å². The molecule has 2 unspecified atom stereocenters. The Bertz CT molecular complexity index is 1540. The quantitative estimate of drug-likeness (QED) is 0.146. The molecule has 0 amide bonds. The lowest BCUT2D eigenvalue weighted by molar-refractivity contribution is 0.289. The predicted octanol–water partition coefficient (Wildman–Crippen LogP) is 6.19. The van der Waals surface area contributed by atoms with E-state index in [1.54, 1.807) is 0 Å². The molecule has 0 spiro atoms. The van der Waals surface area contributed by atoms with E-state index in [0.29, 0.717) is 0 Å².